The maximum absolute atomic E-state index is 6.59. The van der Waals surface area contributed by atoms with Crippen molar-refractivity contribution >= 4 is 0 Å². The van der Waals surface area contributed by atoms with E-state index in [4.69, 9.17) is 120 Å². The Kier molecular flexibility index (Phi) is 31.9. The zero-order chi connectivity index (χ0) is 59.8. The highest BCUT2D eigenvalue weighted by atomic mass is 16.7. The summed E-state index contributed by atoms with van der Waals surface area (Å²) in [6, 6.07) is -1.23. The molecule has 22 rings (SSSR count). The third kappa shape index (κ3) is 23.4. The third-order valence-electron chi connectivity index (χ3n) is 17.2. The molecule has 24 heteroatoms. The highest BCUT2D eigenvalue weighted by Crippen LogP contribution is 2.29. The summed E-state index contributed by atoms with van der Waals surface area (Å²) in [6.45, 7) is 18.4. The van der Waals surface area contributed by atoms with Crippen molar-refractivity contribution in [2.75, 3.05) is 79.3 Å². The Labute approximate surface area is 501 Å². The minimum absolute atomic E-state index is 0.204. The molecule has 12 N–H and O–H groups in total. The van der Waals surface area contributed by atoms with Crippen LogP contribution in [0.5, 0.6) is 0 Å². The van der Waals surface area contributed by atoms with Crippen LogP contribution in [0, 0.1) is 0 Å². The van der Waals surface area contributed by atoms with Crippen LogP contribution in [0.4, 0.5) is 0 Å². The van der Waals surface area contributed by atoms with E-state index in [0.717, 1.165) is 77.0 Å². The van der Waals surface area contributed by atoms with Gasteiger partial charge in [-0.05, 0) is 119 Å². The van der Waals surface area contributed by atoms with Crippen LogP contribution < -0.4 is 34.4 Å². The number of nitrogens with two attached hydrogens (primary N) is 6. The van der Waals surface area contributed by atoms with E-state index in [1.807, 2.05) is 41.5 Å². The predicted molar refractivity (Wildman–Crippen MR) is 311 cm³/mol. The highest BCUT2D eigenvalue weighted by Gasteiger charge is 2.41. The van der Waals surface area contributed by atoms with Gasteiger partial charge in [-0.1, -0.05) is 0 Å². The van der Waals surface area contributed by atoms with E-state index in [1.165, 1.54) is 0 Å². The summed E-state index contributed by atoms with van der Waals surface area (Å²) in [7, 11) is 0. The van der Waals surface area contributed by atoms with Gasteiger partial charge in [-0.3, -0.25) is 0 Å². The lowest BCUT2D eigenvalue weighted by atomic mass is 10.00. The molecule has 0 unspecified atom stereocenters. The molecule has 492 valence electrons. The van der Waals surface area contributed by atoms with E-state index >= 15 is 0 Å². The molecule has 24 atom stereocenters. The van der Waals surface area contributed by atoms with E-state index in [1.54, 1.807) is 0 Å². The van der Waals surface area contributed by atoms with Gasteiger partial charge in [0, 0.05) is 154 Å². The lowest BCUT2D eigenvalue weighted by molar-refractivity contribution is -0.237. The van der Waals surface area contributed by atoms with Crippen LogP contribution in [0.25, 0.3) is 0 Å². The number of hydrogen-bond donors (Lipinski definition) is 6. The van der Waals surface area contributed by atoms with Gasteiger partial charge in [0.05, 0.1) is 73.2 Å². The van der Waals surface area contributed by atoms with Crippen LogP contribution >= 0.6 is 0 Å². The average molecular weight is 1210 g/mol. The second-order valence-electron chi connectivity index (χ2n) is 24.5. The quantitative estimate of drug-likeness (QED) is 0.201. The molecule has 0 aromatic carbocycles. The van der Waals surface area contributed by atoms with Crippen LogP contribution in [0.2, 0.25) is 0 Å². The van der Waals surface area contributed by atoms with Gasteiger partial charge in [0.25, 0.3) is 0 Å². The molecule has 0 saturated carbocycles. The normalized spacial score (nSPS) is 45.0. The molecule has 0 aromatic rings. The molecule has 84 heavy (non-hydrogen) atoms. The van der Waals surface area contributed by atoms with Gasteiger partial charge in [0.15, 0.2) is 37.7 Å². The maximum atomic E-state index is 6.59. The summed E-state index contributed by atoms with van der Waals surface area (Å²) in [5.74, 6) is 0. The Hall–Kier alpha value is -0.960. The zero-order valence-electron chi connectivity index (χ0n) is 51.9. The van der Waals surface area contributed by atoms with E-state index in [9.17, 15) is 0 Å². The predicted octanol–water partition coefficient (Wildman–Crippen LogP) is 3.87. The van der Waals surface area contributed by atoms with E-state index in [2.05, 4.69) is 0 Å². The summed E-state index contributed by atoms with van der Waals surface area (Å²) >= 11 is 0. The largest absolute Gasteiger partial charge is 0.374 e. The second-order valence-corrected chi connectivity index (χ2v) is 24.5. The van der Waals surface area contributed by atoms with Crippen LogP contribution in [-0.4, -0.2) is 227 Å². The Morgan fingerprint density at radius 1 is 0.190 bits per heavy atom. The number of hydrogen-bond acceptors (Lipinski definition) is 24. The van der Waals surface area contributed by atoms with Crippen molar-refractivity contribution in [3.8, 4) is 0 Å². The number of rotatable bonds is 0. The molecule has 0 spiro atoms. The monoisotopic (exact) mass is 1210 g/mol. The summed E-state index contributed by atoms with van der Waals surface area (Å²) in [6.07, 6.45) is 8.16. The maximum Gasteiger partial charge on any atom is 0.159 e. The summed E-state index contributed by atoms with van der Waals surface area (Å²) in [5, 5.41) is 0. The lowest BCUT2D eigenvalue weighted by Gasteiger charge is -2.39. The van der Waals surface area contributed by atoms with Crippen molar-refractivity contribution in [1.82, 2.24) is 0 Å². The molecular weight excluding hydrogens is 1090 g/mol. The van der Waals surface area contributed by atoms with Crippen molar-refractivity contribution in [2.45, 2.75) is 304 Å². The Morgan fingerprint density at radius 3 is 0.429 bits per heavy atom. The molecule has 22 heterocycles. The van der Waals surface area contributed by atoms with Crippen LogP contribution in [-0.2, 0) is 85.3 Å². The lowest BCUT2D eigenvalue weighted by Crippen LogP contribution is -2.53. The van der Waals surface area contributed by atoms with Crippen molar-refractivity contribution in [1.29, 1.82) is 0 Å². The molecule has 22 fully saturated rings. The zero-order valence-corrected chi connectivity index (χ0v) is 51.9. The molecular formula is C60H114N6O18. The van der Waals surface area contributed by atoms with Crippen LogP contribution in [0.1, 0.15) is 157 Å². The smallest absolute Gasteiger partial charge is 0.159 e. The fourth-order valence-corrected chi connectivity index (χ4v) is 12.5. The molecule has 22 aliphatic heterocycles. The standard InChI is InChI=1S/C60H114N6O18/c1-37-55-43(61)31-49(79-37)67-19-7-8-20-68-50-33-45(63)57(39(3)81-50)75-27-15-16-28-76-58-40(4)83-53(35-47(58)65)71-23-11-12-24-72-54-36-48(66)60(42(6)84-54)78-30-18-17-29-77-59-41(5)82-52(34-46(59)64)70-22-10-9-21-69-51-32-44(62)56(38(2)80-51)74-26-14-13-25-73-55/h37-60H,7-36,61-66H2,1-6H3/t37-,38-,39-,40-,41-,42-,43+,44+,45+,46+,47+,48+,49+,50+,51+,52+,53+,54+,55-,56-,57-,58-,59-,60-/m0/s1. The first-order valence-corrected chi connectivity index (χ1v) is 32.5. The molecule has 0 amide bonds. The van der Waals surface area contributed by atoms with Gasteiger partial charge in [-0.15, -0.1) is 0 Å². The molecule has 0 aliphatic carbocycles. The minimum Gasteiger partial charge on any atom is -0.374 e. The van der Waals surface area contributed by atoms with Gasteiger partial charge in [-0.2, -0.15) is 0 Å². The van der Waals surface area contributed by atoms with E-state index < -0.39 is 0 Å². The molecule has 22 aliphatic rings. The third-order valence-corrected chi connectivity index (χ3v) is 17.2. The Bertz CT molecular complexity index is 1370. The van der Waals surface area contributed by atoms with Crippen LogP contribution in [0.15, 0.2) is 0 Å². The highest BCUT2D eigenvalue weighted by molar-refractivity contribution is 4.90. The summed E-state index contributed by atoms with van der Waals surface area (Å²) in [4.78, 5) is 0. The SMILES string of the molecule is C[C@@H]1O[C@@H]2C[C@@H](N)[C@H]1OCCCCO[C@@H]1[C@H](N)C[C@H](OCCCCO[C@H]3C[C@@H](N)[C@@H](OCCCCO[C@@H]4[C@H](N)C[C@H](OCCCCO[C@H]5C[C@@H](N)[C@@H](OCCCCO[C@@H]6[C@H](N)C[C@H](OCCCCO2)O[C@H]6C)[C@H](C)O5)O[C@H]4C)[C@H](C)O3)O[C@H]1C. The topological polar surface area (TPSA) is 322 Å². The molecule has 24 nitrogen and oxygen atoms in total. The summed E-state index contributed by atoms with van der Waals surface area (Å²) in [5.41, 5.74) is 39.6. The molecule has 0 radical (unpaired) electrons. The fourth-order valence-electron chi connectivity index (χ4n) is 12.5. The van der Waals surface area contributed by atoms with Crippen molar-refractivity contribution in [3.63, 3.8) is 0 Å². The van der Waals surface area contributed by atoms with Crippen molar-refractivity contribution in [3.05, 3.63) is 0 Å². The Morgan fingerprint density at radius 2 is 0.310 bits per heavy atom. The molecule has 0 aromatic heterocycles. The van der Waals surface area contributed by atoms with Crippen molar-refractivity contribution in [2.24, 2.45) is 34.4 Å². The minimum atomic E-state index is -0.385. The first-order chi connectivity index (χ1) is 40.6. The van der Waals surface area contributed by atoms with Gasteiger partial charge >= 0.3 is 0 Å². The van der Waals surface area contributed by atoms with Gasteiger partial charge in [0.2, 0.25) is 0 Å². The van der Waals surface area contributed by atoms with E-state index in [0.29, 0.717) is 118 Å². The van der Waals surface area contributed by atoms with Gasteiger partial charge < -0.3 is 120 Å². The molecule has 12 bridgehead atoms. The van der Waals surface area contributed by atoms with Gasteiger partial charge in [-0.25, -0.2) is 0 Å². The number of ether oxygens (including phenoxy) is 18. The average Bonchev–Trinajstić information content (AvgIpc) is 3.53. The van der Waals surface area contributed by atoms with Crippen molar-refractivity contribution < 1.29 is 85.3 Å². The van der Waals surface area contributed by atoms with Gasteiger partial charge in [0.1, 0.15) is 0 Å². The van der Waals surface area contributed by atoms with E-state index in [-0.39, 0.29) is 147 Å². The molecule has 22 saturated heterocycles. The Balaban J connectivity index is 0.791. The first kappa shape index (κ1) is 70.5. The van der Waals surface area contributed by atoms with Crippen LogP contribution in [0.3, 0.4) is 0 Å². The second kappa shape index (κ2) is 38.0. The first-order valence-electron chi connectivity index (χ1n) is 32.5. The fraction of sp³-hybridized carbons (Fsp3) is 1.00. The summed E-state index contributed by atoms with van der Waals surface area (Å²) < 4.78 is 111.